The van der Waals surface area contributed by atoms with E-state index in [1.54, 1.807) is 24.3 Å². The number of rotatable bonds is 4. The quantitative estimate of drug-likeness (QED) is 0.478. The van der Waals surface area contributed by atoms with Crippen LogP contribution in [-0.4, -0.2) is 24.6 Å². The fourth-order valence-corrected chi connectivity index (χ4v) is 1.64. The number of carbonyl (C=O) groups is 3. The molecule has 0 spiro atoms. The van der Waals surface area contributed by atoms with Gasteiger partial charge in [-0.15, -0.1) is 0 Å². The minimum absolute atomic E-state index is 0.173. The van der Waals surface area contributed by atoms with E-state index in [1.807, 2.05) is 0 Å². The Kier molecular flexibility index (Phi) is 5.67. The fourth-order valence-electron chi connectivity index (χ4n) is 1.64. The predicted octanol–water partition coefficient (Wildman–Crippen LogP) is 2.01. The predicted molar refractivity (Wildman–Crippen MR) is 74.1 cm³/mol. The van der Waals surface area contributed by atoms with Crippen LogP contribution in [0.15, 0.2) is 24.3 Å². The summed E-state index contributed by atoms with van der Waals surface area (Å²) in [7, 11) is 1.32. The number of hydrogen-bond acceptors (Lipinski definition) is 4. The Morgan fingerprint density at radius 2 is 1.65 bits per heavy atom. The summed E-state index contributed by atoms with van der Waals surface area (Å²) in [4.78, 5) is 33.7. The minimum Gasteiger partial charge on any atom is -0.465 e. The molecular formula is C16H16O4. The van der Waals surface area contributed by atoms with Gasteiger partial charge < -0.3 is 4.74 Å². The zero-order chi connectivity index (χ0) is 15.1. The van der Waals surface area contributed by atoms with Crippen LogP contribution in [0.4, 0.5) is 0 Å². The van der Waals surface area contributed by atoms with Crippen molar-refractivity contribution in [2.75, 3.05) is 7.11 Å². The zero-order valence-electron chi connectivity index (χ0n) is 11.7. The van der Waals surface area contributed by atoms with Gasteiger partial charge in [0.05, 0.1) is 18.6 Å². The molecular weight excluding hydrogens is 256 g/mol. The first-order valence-corrected chi connectivity index (χ1v) is 6.14. The second kappa shape index (κ2) is 7.25. The van der Waals surface area contributed by atoms with Crippen molar-refractivity contribution >= 4 is 17.5 Å². The van der Waals surface area contributed by atoms with Gasteiger partial charge in [0.1, 0.15) is 11.6 Å². The minimum atomic E-state index is -0.656. The maximum atomic E-state index is 11.2. The molecule has 4 heteroatoms. The molecule has 0 aliphatic heterocycles. The van der Waals surface area contributed by atoms with Crippen LogP contribution in [0.1, 0.15) is 36.2 Å². The highest BCUT2D eigenvalue weighted by molar-refractivity contribution is 6.00. The van der Waals surface area contributed by atoms with Crippen molar-refractivity contribution in [3.8, 4) is 11.8 Å². The highest BCUT2D eigenvalue weighted by atomic mass is 16.5. The van der Waals surface area contributed by atoms with E-state index in [2.05, 4.69) is 16.6 Å². The van der Waals surface area contributed by atoms with Crippen LogP contribution in [0, 0.1) is 17.8 Å². The monoisotopic (exact) mass is 272 g/mol. The van der Waals surface area contributed by atoms with Gasteiger partial charge in [-0.3, -0.25) is 9.59 Å². The molecule has 20 heavy (non-hydrogen) atoms. The molecule has 1 aromatic rings. The first-order valence-electron chi connectivity index (χ1n) is 6.14. The molecule has 0 atom stereocenters. The van der Waals surface area contributed by atoms with Crippen molar-refractivity contribution in [3.63, 3.8) is 0 Å². The van der Waals surface area contributed by atoms with Crippen LogP contribution in [0.5, 0.6) is 0 Å². The molecule has 0 unspecified atom stereocenters. The molecule has 0 radical (unpaired) electrons. The molecule has 0 amide bonds. The van der Waals surface area contributed by atoms with Gasteiger partial charge in [0.15, 0.2) is 0 Å². The van der Waals surface area contributed by atoms with Gasteiger partial charge in [0.25, 0.3) is 0 Å². The lowest BCUT2D eigenvalue weighted by molar-refractivity contribution is -0.130. The molecule has 0 bridgehead atoms. The molecule has 1 aromatic carbocycles. The average molecular weight is 272 g/mol. The summed E-state index contributed by atoms with van der Waals surface area (Å²) in [6, 6.07) is 6.61. The van der Waals surface area contributed by atoms with Crippen LogP contribution >= 0.6 is 0 Å². The van der Waals surface area contributed by atoms with E-state index in [1.165, 1.54) is 21.0 Å². The number of ketones is 2. The maximum absolute atomic E-state index is 11.2. The summed E-state index contributed by atoms with van der Waals surface area (Å²) in [5.74, 6) is 4.27. The van der Waals surface area contributed by atoms with Gasteiger partial charge in [0.2, 0.25) is 0 Å². The maximum Gasteiger partial charge on any atom is 0.337 e. The van der Waals surface area contributed by atoms with E-state index in [9.17, 15) is 14.4 Å². The summed E-state index contributed by atoms with van der Waals surface area (Å²) in [5.41, 5.74) is 1.16. The van der Waals surface area contributed by atoms with Crippen LogP contribution in [0.3, 0.4) is 0 Å². The SMILES string of the molecule is COC(=O)c1ccc(C#CCC(C(C)=O)C(C)=O)cc1. The number of Topliss-reactive ketones (excluding diaryl/α,β-unsaturated/α-hetero) is 2. The Morgan fingerprint density at radius 3 is 2.10 bits per heavy atom. The van der Waals surface area contributed by atoms with Gasteiger partial charge >= 0.3 is 5.97 Å². The Balaban J connectivity index is 2.75. The highest BCUT2D eigenvalue weighted by Gasteiger charge is 2.17. The van der Waals surface area contributed by atoms with Crippen LogP contribution in [0.25, 0.3) is 0 Å². The molecule has 4 nitrogen and oxygen atoms in total. The van der Waals surface area contributed by atoms with Crippen molar-refractivity contribution in [3.05, 3.63) is 35.4 Å². The zero-order valence-corrected chi connectivity index (χ0v) is 11.7. The molecule has 0 N–H and O–H groups in total. The standard InChI is InChI=1S/C16H16O4/c1-11(17)15(12(2)18)6-4-5-13-7-9-14(10-8-13)16(19)20-3/h7-10,15H,6H2,1-3H3. The van der Waals surface area contributed by atoms with Crippen LogP contribution in [-0.2, 0) is 14.3 Å². The third kappa shape index (κ3) is 4.36. The smallest absolute Gasteiger partial charge is 0.337 e. The van der Waals surface area contributed by atoms with E-state index < -0.39 is 11.9 Å². The van der Waals surface area contributed by atoms with Gasteiger partial charge in [0, 0.05) is 12.0 Å². The van der Waals surface area contributed by atoms with Gasteiger partial charge in [-0.05, 0) is 38.1 Å². The Hall–Kier alpha value is -2.41. The number of hydrogen-bond donors (Lipinski definition) is 0. The third-order valence-corrected chi connectivity index (χ3v) is 2.83. The number of ether oxygens (including phenoxy) is 1. The molecule has 0 saturated carbocycles. The summed E-state index contributed by atoms with van der Waals surface area (Å²) < 4.78 is 4.59. The van der Waals surface area contributed by atoms with E-state index in [0.29, 0.717) is 11.1 Å². The van der Waals surface area contributed by atoms with E-state index in [-0.39, 0.29) is 18.0 Å². The first kappa shape index (κ1) is 15.6. The van der Waals surface area contributed by atoms with Gasteiger partial charge in [-0.25, -0.2) is 4.79 Å². The van der Waals surface area contributed by atoms with Crippen molar-refractivity contribution in [1.82, 2.24) is 0 Å². The molecule has 0 aliphatic carbocycles. The van der Waals surface area contributed by atoms with E-state index >= 15 is 0 Å². The average Bonchev–Trinajstić information content (AvgIpc) is 2.42. The van der Waals surface area contributed by atoms with Crippen molar-refractivity contribution in [2.24, 2.45) is 5.92 Å². The molecule has 0 aromatic heterocycles. The molecule has 0 fully saturated rings. The van der Waals surface area contributed by atoms with Crippen molar-refractivity contribution in [1.29, 1.82) is 0 Å². The second-order valence-electron chi connectivity index (χ2n) is 4.35. The Labute approximate surface area is 118 Å². The molecule has 0 saturated heterocycles. The lowest BCUT2D eigenvalue weighted by atomic mass is 9.97. The van der Waals surface area contributed by atoms with E-state index in [0.717, 1.165) is 0 Å². The lowest BCUT2D eigenvalue weighted by Crippen LogP contribution is -2.18. The fraction of sp³-hybridized carbons (Fsp3) is 0.312. The van der Waals surface area contributed by atoms with E-state index in [4.69, 9.17) is 0 Å². The van der Waals surface area contributed by atoms with Crippen molar-refractivity contribution in [2.45, 2.75) is 20.3 Å². The molecule has 104 valence electrons. The Morgan fingerprint density at radius 1 is 1.10 bits per heavy atom. The van der Waals surface area contributed by atoms with Gasteiger partial charge in [-0.2, -0.15) is 0 Å². The number of esters is 1. The first-order chi connectivity index (χ1) is 9.45. The number of benzene rings is 1. The summed E-state index contributed by atoms with van der Waals surface area (Å²) in [5, 5.41) is 0. The summed E-state index contributed by atoms with van der Waals surface area (Å²) in [6.45, 7) is 2.78. The largest absolute Gasteiger partial charge is 0.465 e. The van der Waals surface area contributed by atoms with Crippen LogP contribution < -0.4 is 0 Å². The Bertz CT molecular complexity index is 559. The van der Waals surface area contributed by atoms with Gasteiger partial charge in [-0.1, -0.05) is 11.8 Å². The second-order valence-corrected chi connectivity index (χ2v) is 4.35. The molecule has 0 heterocycles. The van der Waals surface area contributed by atoms with Crippen molar-refractivity contribution < 1.29 is 19.1 Å². The van der Waals surface area contributed by atoms with Crippen LogP contribution in [0.2, 0.25) is 0 Å². The summed E-state index contributed by atoms with van der Waals surface area (Å²) >= 11 is 0. The topological polar surface area (TPSA) is 60.4 Å². The highest BCUT2D eigenvalue weighted by Crippen LogP contribution is 2.07. The number of methoxy groups -OCH3 is 1. The molecule has 1 rings (SSSR count). The lowest BCUT2D eigenvalue weighted by Gasteiger charge is -2.04. The summed E-state index contributed by atoms with van der Waals surface area (Å²) in [6.07, 6.45) is 0.212. The third-order valence-electron chi connectivity index (χ3n) is 2.83. The normalized spacial score (nSPS) is 9.60. The number of carbonyl (C=O) groups excluding carboxylic acids is 3. The molecule has 0 aliphatic rings.